The van der Waals surface area contributed by atoms with Crippen LogP contribution in [0.4, 0.5) is 10.5 Å². The summed E-state index contributed by atoms with van der Waals surface area (Å²) in [5.74, 6) is 0.772. The van der Waals surface area contributed by atoms with Gasteiger partial charge in [-0.05, 0) is 54.8 Å². The predicted octanol–water partition coefficient (Wildman–Crippen LogP) is 3.46. The second kappa shape index (κ2) is 6.47. The van der Waals surface area contributed by atoms with Gasteiger partial charge in [-0.15, -0.1) is 0 Å². The third-order valence-corrected chi connectivity index (χ3v) is 3.95. The van der Waals surface area contributed by atoms with Crippen molar-refractivity contribution in [3.8, 4) is 5.75 Å². The minimum absolute atomic E-state index is 0.0653. The normalized spacial score (nSPS) is 17.3. The maximum absolute atomic E-state index is 12.5. The Morgan fingerprint density at radius 1 is 1.23 bits per heavy atom. The van der Waals surface area contributed by atoms with Crippen LogP contribution in [-0.2, 0) is 0 Å². The van der Waals surface area contributed by atoms with Crippen molar-refractivity contribution in [1.29, 1.82) is 0 Å². The van der Waals surface area contributed by atoms with Crippen molar-refractivity contribution in [2.75, 3.05) is 19.0 Å². The minimum Gasteiger partial charge on any atom is -0.497 e. The summed E-state index contributed by atoms with van der Waals surface area (Å²) in [5.41, 5.74) is 1.91. The number of hydrogen-bond donors (Lipinski definition) is 1. The lowest BCUT2D eigenvalue weighted by molar-refractivity contribution is 0.207. The monoisotopic (exact) mass is 297 g/mol. The second-order valence-corrected chi connectivity index (χ2v) is 5.29. The van der Waals surface area contributed by atoms with E-state index in [1.54, 1.807) is 19.5 Å². The number of benzene rings is 1. The molecule has 1 aromatic heterocycles. The third kappa shape index (κ3) is 3.03. The molecule has 1 aliphatic rings. The number of rotatable bonds is 3. The highest BCUT2D eigenvalue weighted by molar-refractivity contribution is 5.89. The van der Waals surface area contributed by atoms with E-state index in [-0.39, 0.29) is 12.1 Å². The van der Waals surface area contributed by atoms with Crippen molar-refractivity contribution < 1.29 is 9.53 Å². The van der Waals surface area contributed by atoms with Crippen molar-refractivity contribution in [3.05, 3.63) is 54.4 Å². The molecule has 1 aliphatic heterocycles. The molecule has 1 N–H and O–H groups in total. The molecule has 1 atom stereocenters. The number of methoxy groups -OCH3 is 1. The summed E-state index contributed by atoms with van der Waals surface area (Å²) in [7, 11) is 1.62. The van der Waals surface area contributed by atoms with E-state index in [4.69, 9.17) is 4.74 Å². The quantitative estimate of drug-likeness (QED) is 0.944. The molecular weight excluding hydrogens is 278 g/mol. The van der Waals surface area contributed by atoms with Crippen LogP contribution in [0.25, 0.3) is 0 Å². The van der Waals surface area contributed by atoms with Gasteiger partial charge in [-0.2, -0.15) is 0 Å². The van der Waals surface area contributed by atoms with Crippen LogP contribution in [0.2, 0.25) is 0 Å². The molecule has 0 spiro atoms. The number of urea groups is 1. The Morgan fingerprint density at radius 2 is 1.95 bits per heavy atom. The van der Waals surface area contributed by atoms with Crippen molar-refractivity contribution >= 4 is 11.7 Å². The number of pyridine rings is 1. The van der Waals surface area contributed by atoms with Crippen molar-refractivity contribution in [2.45, 2.75) is 18.9 Å². The van der Waals surface area contributed by atoms with E-state index in [1.807, 2.05) is 41.3 Å². The Morgan fingerprint density at radius 3 is 2.64 bits per heavy atom. The van der Waals surface area contributed by atoms with Gasteiger partial charge in [-0.1, -0.05) is 0 Å². The molecule has 5 nitrogen and oxygen atoms in total. The van der Waals surface area contributed by atoms with Crippen LogP contribution in [0.1, 0.15) is 24.4 Å². The molecule has 1 unspecified atom stereocenters. The van der Waals surface area contributed by atoms with E-state index < -0.39 is 0 Å². The van der Waals surface area contributed by atoms with Crippen molar-refractivity contribution in [2.24, 2.45) is 0 Å². The van der Waals surface area contributed by atoms with E-state index in [1.165, 1.54) is 0 Å². The Bertz CT molecular complexity index is 628. The molecule has 1 saturated heterocycles. The van der Waals surface area contributed by atoms with Crippen molar-refractivity contribution in [3.63, 3.8) is 0 Å². The van der Waals surface area contributed by atoms with Gasteiger partial charge in [0.15, 0.2) is 0 Å². The van der Waals surface area contributed by atoms with Crippen LogP contribution >= 0.6 is 0 Å². The maximum atomic E-state index is 12.5. The molecule has 2 amide bonds. The number of hydrogen-bond acceptors (Lipinski definition) is 3. The highest BCUT2D eigenvalue weighted by Crippen LogP contribution is 2.32. The van der Waals surface area contributed by atoms with E-state index in [0.717, 1.165) is 36.4 Å². The van der Waals surface area contributed by atoms with Gasteiger partial charge in [0.25, 0.3) is 0 Å². The number of carbonyl (C=O) groups is 1. The second-order valence-electron chi connectivity index (χ2n) is 5.29. The minimum atomic E-state index is -0.0653. The summed E-state index contributed by atoms with van der Waals surface area (Å²) < 4.78 is 5.12. The fraction of sp³-hybridized carbons (Fsp3) is 0.294. The first-order chi connectivity index (χ1) is 10.8. The standard InChI is InChI=1S/C17H19N3O2/c1-22-15-6-4-14(5-7-15)19-17(21)20-12-2-3-16(20)13-8-10-18-11-9-13/h4-11,16H,2-3,12H2,1H3,(H,19,21). The molecule has 0 aliphatic carbocycles. The zero-order chi connectivity index (χ0) is 15.4. The van der Waals surface area contributed by atoms with E-state index >= 15 is 0 Å². The molecule has 2 heterocycles. The number of likely N-dealkylation sites (tertiary alicyclic amines) is 1. The van der Waals surface area contributed by atoms with Gasteiger partial charge in [0, 0.05) is 24.6 Å². The largest absolute Gasteiger partial charge is 0.497 e. The molecule has 0 bridgehead atoms. The molecule has 2 aromatic rings. The highest BCUT2D eigenvalue weighted by Gasteiger charge is 2.29. The lowest BCUT2D eigenvalue weighted by Gasteiger charge is -2.25. The molecule has 1 aromatic carbocycles. The maximum Gasteiger partial charge on any atom is 0.322 e. The zero-order valence-corrected chi connectivity index (χ0v) is 12.5. The Labute approximate surface area is 129 Å². The molecule has 5 heteroatoms. The van der Waals surface area contributed by atoms with Crippen LogP contribution in [-0.4, -0.2) is 29.6 Å². The molecule has 114 valence electrons. The van der Waals surface area contributed by atoms with E-state index in [0.29, 0.717) is 0 Å². The van der Waals surface area contributed by atoms with Gasteiger partial charge in [0.2, 0.25) is 0 Å². The summed E-state index contributed by atoms with van der Waals surface area (Å²) in [6, 6.07) is 11.4. The molecular formula is C17H19N3O2. The Balaban J connectivity index is 1.70. The number of aromatic nitrogens is 1. The Hall–Kier alpha value is -2.56. The van der Waals surface area contributed by atoms with Gasteiger partial charge >= 0.3 is 6.03 Å². The van der Waals surface area contributed by atoms with Gasteiger partial charge in [0.05, 0.1) is 13.2 Å². The third-order valence-electron chi connectivity index (χ3n) is 3.95. The van der Waals surface area contributed by atoms with Crippen molar-refractivity contribution in [1.82, 2.24) is 9.88 Å². The summed E-state index contributed by atoms with van der Waals surface area (Å²) in [6.07, 6.45) is 5.55. The smallest absolute Gasteiger partial charge is 0.322 e. The topological polar surface area (TPSA) is 54.5 Å². The van der Waals surface area contributed by atoms with Crippen LogP contribution in [0.3, 0.4) is 0 Å². The molecule has 1 fully saturated rings. The first-order valence-electron chi connectivity index (χ1n) is 7.39. The molecule has 22 heavy (non-hydrogen) atoms. The van der Waals surface area contributed by atoms with Gasteiger partial charge in [-0.25, -0.2) is 4.79 Å². The first kappa shape index (κ1) is 14.4. The predicted molar refractivity (Wildman–Crippen MR) is 84.9 cm³/mol. The fourth-order valence-electron chi connectivity index (χ4n) is 2.81. The zero-order valence-electron chi connectivity index (χ0n) is 12.5. The van der Waals surface area contributed by atoms with Crippen LogP contribution < -0.4 is 10.1 Å². The van der Waals surface area contributed by atoms with Gasteiger partial charge in [-0.3, -0.25) is 4.98 Å². The lowest BCUT2D eigenvalue weighted by Crippen LogP contribution is -2.34. The van der Waals surface area contributed by atoms with Crippen LogP contribution in [0.5, 0.6) is 5.75 Å². The number of nitrogens with zero attached hydrogens (tertiary/aromatic N) is 2. The first-order valence-corrected chi connectivity index (χ1v) is 7.39. The van der Waals surface area contributed by atoms with Crippen LogP contribution in [0, 0.1) is 0 Å². The lowest BCUT2D eigenvalue weighted by atomic mass is 10.1. The SMILES string of the molecule is COc1ccc(NC(=O)N2CCCC2c2ccncc2)cc1. The highest BCUT2D eigenvalue weighted by atomic mass is 16.5. The number of amides is 2. The Kier molecular flexibility index (Phi) is 4.23. The van der Waals surface area contributed by atoms with Crippen LogP contribution in [0.15, 0.2) is 48.8 Å². The average Bonchev–Trinajstić information content (AvgIpc) is 3.06. The summed E-state index contributed by atoms with van der Waals surface area (Å²) >= 11 is 0. The number of carbonyl (C=O) groups excluding carboxylic acids is 1. The molecule has 0 saturated carbocycles. The average molecular weight is 297 g/mol. The number of nitrogens with one attached hydrogen (secondary N) is 1. The summed E-state index contributed by atoms with van der Waals surface area (Å²) in [6.45, 7) is 0.773. The number of anilines is 1. The van der Waals surface area contributed by atoms with Gasteiger partial charge in [0.1, 0.15) is 5.75 Å². The van der Waals surface area contributed by atoms with E-state index in [2.05, 4.69) is 10.3 Å². The summed E-state index contributed by atoms with van der Waals surface area (Å²) in [4.78, 5) is 18.4. The van der Waals surface area contributed by atoms with E-state index in [9.17, 15) is 4.79 Å². The number of ether oxygens (including phenoxy) is 1. The molecule has 0 radical (unpaired) electrons. The molecule has 3 rings (SSSR count). The fourth-order valence-corrected chi connectivity index (χ4v) is 2.81. The van der Waals surface area contributed by atoms with Gasteiger partial charge < -0.3 is 15.0 Å². The summed E-state index contributed by atoms with van der Waals surface area (Å²) in [5, 5.41) is 2.95.